The molecule has 0 spiro atoms. The van der Waals surface area contributed by atoms with Crippen molar-refractivity contribution in [1.82, 2.24) is 4.90 Å². The van der Waals surface area contributed by atoms with Crippen LogP contribution < -0.4 is 0 Å². The lowest BCUT2D eigenvalue weighted by Gasteiger charge is -2.43. The summed E-state index contributed by atoms with van der Waals surface area (Å²) in [5.41, 5.74) is 2.00. The molecule has 0 aromatic heterocycles. The van der Waals surface area contributed by atoms with E-state index in [4.69, 9.17) is 4.74 Å². The van der Waals surface area contributed by atoms with Crippen LogP contribution in [0.1, 0.15) is 57.6 Å². The number of ether oxygens (including phenoxy) is 1. The Morgan fingerprint density at radius 2 is 1.46 bits per heavy atom. The number of hydrogen-bond donors (Lipinski definition) is 0. The minimum absolute atomic E-state index is 0.108. The maximum atomic E-state index is 12.5. The Morgan fingerprint density at radius 3 is 1.86 bits per heavy atom. The molecule has 2 aromatic rings. The van der Waals surface area contributed by atoms with Gasteiger partial charge < -0.3 is 9.64 Å². The maximum Gasteiger partial charge on any atom is 0.306 e. The fraction of sp³-hybridized carbons (Fsp3) is 0.480. The average Bonchev–Trinajstić information content (AvgIpc) is 2.71. The molecular formula is C25H35NO2. The molecule has 0 saturated carbocycles. The van der Waals surface area contributed by atoms with E-state index in [0.29, 0.717) is 12.5 Å². The average molecular weight is 382 g/mol. The topological polar surface area (TPSA) is 29.5 Å². The van der Waals surface area contributed by atoms with Crippen molar-refractivity contribution in [2.24, 2.45) is 0 Å². The minimum Gasteiger partial charge on any atom is -0.461 e. The summed E-state index contributed by atoms with van der Waals surface area (Å²) in [5.74, 6) is -0.108. The van der Waals surface area contributed by atoms with Crippen molar-refractivity contribution in [1.29, 1.82) is 0 Å². The predicted octanol–water partition coefficient (Wildman–Crippen LogP) is 5.43. The molecule has 2 unspecified atom stereocenters. The summed E-state index contributed by atoms with van der Waals surface area (Å²) in [6, 6.07) is 21.4. The van der Waals surface area contributed by atoms with Crippen molar-refractivity contribution in [3.63, 3.8) is 0 Å². The van der Waals surface area contributed by atoms with E-state index in [0.717, 1.165) is 19.3 Å². The third kappa shape index (κ3) is 5.02. The van der Waals surface area contributed by atoms with Gasteiger partial charge >= 0.3 is 5.97 Å². The molecule has 0 saturated heterocycles. The lowest BCUT2D eigenvalue weighted by atomic mass is 9.66. The Balaban J connectivity index is 2.66. The van der Waals surface area contributed by atoms with E-state index < -0.39 is 5.41 Å². The van der Waals surface area contributed by atoms with E-state index in [1.165, 1.54) is 11.1 Å². The van der Waals surface area contributed by atoms with E-state index in [9.17, 15) is 4.79 Å². The Morgan fingerprint density at radius 1 is 0.964 bits per heavy atom. The third-order valence-corrected chi connectivity index (χ3v) is 5.73. The first-order valence-corrected chi connectivity index (χ1v) is 10.4. The lowest BCUT2D eigenvalue weighted by Crippen LogP contribution is -2.47. The van der Waals surface area contributed by atoms with Crippen molar-refractivity contribution in [3.8, 4) is 0 Å². The Bertz CT molecular complexity index is 672. The fourth-order valence-corrected chi connectivity index (χ4v) is 3.98. The highest BCUT2D eigenvalue weighted by molar-refractivity contribution is 5.69. The van der Waals surface area contributed by atoms with Gasteiger partial charge in [-0.15, -0.1) is 0 Å². The summed E-state index contributed by atoms with van der Waals surface area (Å²) in [6.07, 6.45) is 2.66. The molecule has 2 atom stereocenters. The second kappa shape index (κ2) is 10.4. The van der Waals surface area contributed by atoms with Crippen LogP contribution in [-0.2, 0) is 14.9 Å². The largest absolute Gasteiger partial charge is 0.461 e. The molecular weight excluding hydrogens is 346 g/mol. The van der Waals surface area contributed by atoms with Crippen LogP contribution in [0.3, 0.4) is 0 Å². The van der Waals surface area contributed by atoms with Gasteiger partial charge in [-0.1, -0.05) is 74.5 Å². The van der Waals surface area contributed by atoms with Gasteiger partial charge in [-0.25, -0.2) is 0 Å². The van der Waals surface area contributed by atoms with Gasteiger partial charge in [0.05, 0.1) is 5.41 Å². The van der Waals surface area contributed by atoms with Gasteiger partial charge in [0.2, 0.25) is 0 Å². The summed E-state index contributed by atoms with van der Waals surface area (Å²) < 4.78 is 6.14. The molecule has 0 amide bonds. The molecule has 0 bridgehead atoms. The molecule has 2 aromatic carbocycles. The Hall–Kier alpha value is -2.13. The van der Waals surface area contributed by atoms with E-state index in [1.54, 1.807) is 0 Å². The molecule has 3 nitrogen and oxygen atoms in total. The van der Waals surface area contributed by atoms with E-state index in [2.05, 4.69) is 81.4 Å². The van der Waals surface area contributed by atoms with Gasteiger partial charge in [-0.3, -0.25) is 4.79 Å². The second-order valence-electron chi connectivity index (χ2n) is 7.86. The summed E-state index contributed by atoms with van der Waals surface area (Å²) in [6.45, 7) is 6.37. The first kappa shape index (κ1) is 22.2. The summed E-state index contributed by atoms with van der Waals surface area (Å²) in [5, 5.41) is 0. The number of hydrogen-bond acceptors (Lipinski definition) is 3. The van der Waals surface area contributed by atoms with Crippen LogP contribution in [0.5, 0.6) is 0 Å². The summed E-state index contributed by atoms with van der Waals surface area (Å²) in [4.78, 5) is 14.7. The van der Waals surface area contributed by atoms with Crippen LogP contribution in [0.15, 0.2) is 60.7 Å². The van der Waals surface area contributed by atoms with Gasteiger partial charge in [0.1, 0.15) is 6.10 Å². The van der Waals surface area contributed by atoms with Crippen LogP contribution in [-0.4, -0.2) is 37.1 Å². The second-order valence-corrected chi connectivity index (χ2v) is 7.86. The standard InChI is InChI=1S/C25H35NO2/c1-6-14-24(27)28-23(7-2)25(19-20(3)26(4)5,21-15-10-8-11-16-21)22-17-12-9-13-18-22/h8-13,15-18,20,23H,6-7,14,19H2,1-5H3. The number of carbonyl (C=O) groups is 1. The molecule has 0 radical (unpaired) electrons. The highest BCUT2D eigenvalue weighted by Gasteiger charge is 2.44. The zero-order valence-electron chi connectivity index (χ0n) is 18.0. The first-order chi connectivity index (χ1) is 13.5. The number of rotatable bonds is 10. The van der Waals surface area contributed by atoms with Crippen molar-refractivity contribution in [3.05, 3.63) is 71.8 Å². The highest BCUT2D eigenvalue weighted by atomic mass is 16.5. The normalized spacial score (nSPS) is 13.9. The number of carbonyl (C=O) groups excluding carboxylic acids is 1. The zero-order valence-corrected chi connectivity index (χ0v) is 18.0. The maximum absolute atomic E-state index is 12.5. The molecule has 28 heavy (non-hydrogen) atoms. The third-order valence-electron chi connectivity index (χ3n) is 5.73. The first-order valence-electron chi connectivity index (χ1n) is 10.4. The molecule has 0 N–H and O–H groups in total. The van der Waals surface area contributed by atoms with Gasteiger partial charge in [-0.2, -0.15) is 0 Å². The summed E-state index contributed by atoms with van der Waals surface area (Å²) >= 11 is 0. The van der Waals surface area contributed by atoms with E-state index in [1.807, 2.05) is 19.1 Å². The number of benzene rings is 2. The van der Waals surface area contributed by atoms with Gasteiger partial charge in [0.25, 0.3) is 0 Å². The summed E-state index contributed by atoms with van der Waals surface area (Å²) in [7, 11) is 4.21. The Kier molecular flexibility index (Phi) is 8.25. The van der Waals surface area contributed by atoms with Gasteiger partial charge in [0, 0.05) is 12.5 Å². The molecule has 2 rings (SSSR count). The monoisotopic (exact) mass is 381 g/mol. The molecule has 0 heterocycles. The van der Waals surface area contributed by atoms with Crippen molar-refractivity contribution in [2.75, 3.05) is 14.1 Å². The zero-order chi connectivity index (χ0) is 20.6. The van der Waals surface area contributed by atoms with E-state index >= 15 is 0 Å². The van der Waals surface area contributed by atoms with Crippen LogP contribution in [0.4, 0.5) is 0 Å². The smallest absolute Gasteiger partial charge is 0.306 e. The van der Waals surface area contributed by atoms with Crippen LogP contribution >= 0.6 is 0 Å². The molecule has 0 aliphatic carbocycles. The highest BCUT2D eigenvalue weighted by Crippen LogP contribution is 2.43. The van der Waals surface area contributed by atoms with Crippen LogP contribution in [0.25, 0.3) is 0 Å². The van der Waals surface area contributed by atoms with Crippen LogP contribution in [0.2, 0.25) is 0 Å². The molecule has 152 valence electrons. The fourth-order valence-electron chi connectivity index (χ4n) is 3.98. The molecule has 0 fully saturated rings. The quantitative estimate of drug-likeness (QED) is 0.514. The minimum atomic E-state index is -0.398. The molecule has 0 aliphatic rings. The molecule has 3 heteroatoms. The van der Waals surface area contributed by atoms with Crippen molar-refractivity contribution in [2.45, 2.75) is 64.0 Å². The van der Waals surface area contributed by atoms with Gasteiger partial charge in [0.15, 0.2) is 0 Å². The predicted molar refractivity (Wildman–Crippen MR) is 117 cm³/mol. The van der Waals surface area contributed by atoms with Crippen LogP contribution in [0, 0.1) is 0 Å². The number of esters is 1. The number of nitrogens with zero attached hydrogens (tertiary/aromatic N) is 1. The van der Waals surface area contributed by atoms with Gasteiger partial charge in [-0.05, 0) is 51.4 Å². The van der Waals surface area contributed by atoms with Crippen molar-refractivity contribution < 1.29 is 9.53 Å². The van der Waals surface area contributed by atoms with E-state index in [-0.39, 0.29) is 12.1 Å². The lowest BCUT2D eigenvalue weighted by molar-refractivity contribution is -0.152. The Labute approximate surface area is 170 Å². The molecule has 0 aliphatic heterocycles. The SMILES string of the molecule is CCCC(=O)OC(CC)C(CC(C)N(C)C)(c1ccccc1)c1ccccc1. The van der Waals surface area contributed by atoms with Crippen molar-refractivity contribution >= 4 is 5.97 Å².